The minimum atomic E-state index is -0.190. The van der Waals surface area contributed by atoms with E-state index in [4.69, 9.17) is 5.73 Å². The third-order valence-electron chi connectivity index (χ3n) is 1.61. The summed E-state index contributed by atoms with van der Waals surface area (Å²) in [6.45, 7) is 5.54. The highest BCUT2D eigenvalue weighted by Gasteiger charge is 2.10. The van der Waals surface area contributed by atoms with Gasteiger partial charge >= 0.3 is 0 Å². The third kappa shape index (κ3) is 3.28. The van der Waals surface area contributed by atoms with Gasteiger partial charge < -0.3 is 5.73 Å². The Morgan fingerprint density at radius 3 is 2.70 bits per heavy atom. The van der Waals surface area contributed by atoms with E-state index < -0.39 is 0 Å². The molecule has 2 N–H and O–H groups in total. The quantitative estimate of drug-likeness (QED) is 0.579. The summed E-state index contributed by atoms with van der Waals surface area (Å²) in [5, 5.41) is 0. The smallest absolute Gasteiger partial charge is 0.220 e. The second-order valence-corrected chi connectivity index (χ2v) is 2.37. The van der Waals surface area contributed by atoms with Gasteiger partial charge in [-0.05, 0) is 19.3 Å². The number of nitrogens with two attached hydrogens (primary N) is 1. The van der Waals surface area contributed by atoms with E-state index in [1.807, 2.05) is 13.0 Å². The zero-order valence-electron chi connectivity index (χ0n) is 6.47. The van der Waals surface area contributed by atoms with Gasteiger partial charge in [-0.25, -0.2) is 0 Å². The van der Waals surface area contributed by atoms with Crippen LogP contribution in [0.1, 0.15) is 26.2 Å². The number of hydrogen-bond acceptors (Lipinski definition) is 1. The Kier molecular flexibility index (Phi) is 4.63. The van der Waals surface area contributed by atoms with Crippen LogP contribution in [-0.2, 0) is 4.79 Å². The van der Waals surface area contributed by atoms with Crippen molar-refractivity contribution >= 4 is 5.91 Å². The molecule has 2 heteroatoms. The molecule has 1 amide bonds. The van der Waals surface area contributed by atoms with E-state index in [2.05, 4.69) is 6.58 Å². The van der Waals surface area contributed by atoms with Crippen LogP contribution in [0.4, 0.5) is 0 Å². The average molecular weight is 141 g/mol. The molecule has 0 fully saturated rings. The minimum Gasteiger partial charge on any atom is -0.369 e. The number of hydrogen-bond donors (Lipinski definition) is 1. The Balaban J connectivity index is 3.60. The van der Waals surface area contributed by atoms with E-state index in [0.717, 1.165) is 19.3 Å². The molecular formula is C8H15NO. The fraction of sp³-hybridized carbons (Fsp3) is 0.625. The molecule has 0 bridgehead atoms. The predicted octanol–water partition coefficient (Wildman–Crippen LogP) is 1.46. The van der Waals surface area contributed by atoms with Gasteiger partial charge in [-0.2, -0.15) is 0 Å². The van der Waals surface area contributed by atoms with Gasteiger partial charge in [-0.15, -0.1) is 6.58 Å². The Hall–Kier alpha value is -0.790. The summed E-state index contributed by atoms with van der Waals surface area (Å²) >= 11 is 0. The van der Waals surface area contributed by atoms with E-state index in [-0.39, 0.29) is 11.8 Å². The van der Waals surface area contributed by atoms with Gasteiger partial charge in [0.25, 0.3) is 0 Å². The molecule has 0 rings (SSSR count). The Bertz CT molecular complexity index is 120. The van der Waals surface area contributed by atoms with E-state index in [1.54, 1.807) is 0 Å². The van der Waals surface area contributed by atoms with Crippen molar-refractivity contribution in [3.63, 3.8) is 0 Å². The molecule has 1 atom stereocenters. The Morgan fingerprint density at radius 2 is 2.40 bits per heavy atom. The van der Waals surface area contributed by atoms with Crippen molar-refractivity contribution in [2.24, 2.45) is 11.7 Å². The maximum absolute atomic E-state index is 10.6. The number of allylic oxidation sites excluding steroid dienone is 1. The van der Waals surface area contributed by atoms with Crippen molar-refractivity contribution in [1.29, 1.82) is 0 Å². The van der Waals surface area contributed by atoms with Gasteiger partial charge in [-0.1, -0.05) is 13.0 Å². The van der Waals surface area contributed by atoms with Gasteiger partial charge in [0.15, 0.2) is 0 Å². The first kappa shape index (κ1) is 9.21. The monoisotopic (exact) mass is 141 g/mol. The summed E-state index contributed by atoms with van der Waals surface area (Å²) in [7, 11) is 0. The highest BCUT2D eigenvalue weighted by Crippen LogP contribution is 2.09. The topological polar surface area (TPSA) is 43.1 Å². The largest absolute Gasteiger partial charge is 0.369 e. The summed E-state index contributed by atoms with van der Waals surface area (Å²) in [6, 6.07) is 0. The molecule has 0 radical (unpaired) electrons. The zero-order valence-corrected chi connectivity index (χ0v) is 6.47. The highest BCUT2D eigenvalue weighted by molar-refractivity contribution is 5.76. The number of rotatable bonds is 5. The van der Waals surface area contributed by atoms with Gasteiger partial charge in [0.2, 0.25) is 5.91 Å². The van der Waals surface area contributed by atoms with E-state index >= 15 is 0 Å². The van der Waals surface area contributed by atoms with Gasteiger partial charge in [0.1, 0.15) is 0 Å². The summed E-state index contributed by atoms with van der Waals surface area (Å²) in [5.74, 6) is -0.151. The summed E-state index contributed by atoms with van der Waals surface area (Å²) in [6.07, 6.45) is 4.37. The molecule has 0 saturated heterocycles. The molecule has 2 nitrogen and oxygen atoms in total. The molecule has 0 aliphatic heterocycles. The van der Waals surface area contributed by atoms with Crippen LogP contribution in [0, 0.1) is 5.92 Å². The Morgan fingerprint density at radius 1 is 1.80 bits per heavy atom. The second kappa shape index (κ2) is 5.03. The number of primary amides is 1. The van der Waals surface area contributed by atoms with Crippen LogP contribution in [-0.4, -0.2) is 5.91 Å². The minimum absolute atomic E-state index is 0.0398. The maximum Gasteiger partial charge on any atom is 0.220 e. The Labute approximate surface area is 62.1 Å². The molecule has 0 aromatic rings. The van der Waals surface area contributed by atoms with Gasteiger partial charge in [-0.3, -0.25) is 4.79 Å². The molecule has 0 heterocycles. The predicted molar refractivity (Wildman–Crippen MR) is 42.4 cm³/mol. The first-order valence-electron chi connectivity index (χ1n) is 3.62. The summed E-state index contributed by atoms with van der Waals surface area (Å²) in [5.41, 5.74) is 5.11. The summed E-state index contributed by atoms with van der Waals surface area (Å²) < 4.78 is 0. The maximum atomic E-state index is 10.6. The fourth-order valence-electron chi connectivity index (χ4n) is 0.867. The number of carbonyl (C=O) groups is 1. The zero-order chi connectivity index (χ0) is 7.98. The van der Waals surface area contributed by atoms with E-state index in [9.17, 15) is 4.79 Å². The van der Waals surface area contributed by atoms with Gasteiger partial charge in [0.05, 0.1) is 0 Å². The highest BCUT2D eigenvalue weighted by atomic mass is 16.1. The van der Waals surface area contributed by atoms with Crippen molar-refractivity contribution in [2.75, 3.05) is 0 Å². The molecule has 10 heavy (non-hydrogen) atoms. The van der Waals surface area contributed by atoms with Gasteiger partial charge in [0, 0.05) is 5.92 Å². The van der Waals surface area contributed by atoms with E-state index in [0.29, 0.717) is 0 Å². The molecule has 0 spiro atoms. The molecule has 0 aromatic heterocycles. The van der Waals surface area contributed by atoms with E-state index in [1.165, 1.54) is 0 Å². The standard InChI is InChI=1S/C8H15NO/c1-3-5-6-7(4-2)8(9)10/h3,7H,1,4-6H2,2H3,(H2,9,10). The van der Waals surface area contributed by atoms with Crippen molar-refractivity contribution in [1.82, 2.24) is 0 Å². The lowest BCUT2D eigenvalue weighted by Gasteiger charge is -2.07. The number of carbonyl (C=O) groups excluding carboxylic acids is 1. The first-order chi connectivity index (χ1) is 4.72. The van der Waals surface area contributed by atoms with Crippen molar-refractivity contribution in [3.05, 3.63) is 12.7 Å². The van der Waals surface area contributed by atoms with Crippen LogP contribution < -0.4 is 5.73 Å². The van der Waals surface area contributed by atoms with Crippen LogP contribution >= 0.6 is 0 Å². The van der Waals surface area contributed by atoms with Crippen LogP contribution in [0.2, 0.25) is 0 Å². The molecule has 0 aromatic carbocycles. The van der Waals surface area contributed by atoms with Crippen LogP contribution in [0.3, 0.4) is 0 Å². The summed E-state index contributed by atoms with van der Waals surface area (Å²) in [4.78, 5) is 10.6. The lowest BCUT2D eigenvalue weighted by molar-refractivity contribution is -0.122. The van der Waals surface area contributed by atoms with Crippen molar-refractivity contribution in [3.8, 4) is 0 Å². The van der Waals surface area contributed by atoms with Crippen LogP contribution in [0.15, 0.2) is 12.7 Å². The lowest BCUT2D eigenvalue weighted by Crippen LogP contribution is -2.22. The second-order valence-electron chi connectivity index (χ2n) is 2.37. The van der Waals surface area contributed by atoms with Crippen molar-refractivity contribution < 1.29 is 4.79 Å². The molecule has 1 unspecified atom stereocenters. The number of amides is 1. The molecule has 0 saturated carbocycles. The third-order valence-corrected chi connectivity index (χ3v) is 1.61. The normalized spacial score (nSPS) is 12.5. The molecular weight excluding hydrogens is 126 g/mol. The SMILES string of the molecule is C=CCCC(CC)C(N)=O. The molecule has 0 aliphatic carbocycles. The van der Waals surface area contributed by atoms with Crippen LogP contribution in [0.25, 0.3) is 0 Å². The van der Waals surface area contributed by atoms with Crippen molar-refractivity contribution in [2.45, 2.75) is 26.2 Å². The first-order valence-corrected chi connectivity index (χ1v) is 3.62. The van der Waals surface area contributed by atoms with Crippen LogP contribution in [0.5, 0.6) is 0 Å². The molecule has 0 aliphatic rings. The molecule has 58 valence electrons. The fourth-order valence-corrected chi connectivity index (χ4v) is 0.867. The average Bonchev–Trinajstić information content (AvgIpc) is 1.89. The lowest BCUT2D eigenvalue weighted by atomic mass is 10.00.